The van der Waals surface area contributed by atoms with Gasteiger partial charge in [0, 0.05) is 5.92 Å². The first-order valence-electron chi connectivity index (χ1n) is 9.70. The monoisotopic (exact) mass is 364 g/mol. The van der Waals surface area contributed by atoms with Crippen LogP contribution < -0.4 is 10.2 Å². The number of hydrogen-bond acceptors (Lipinski definition) is 2. The quantitative estimate of drug-likeness (QED) is 0.813. The second kappa shape index (κ2) is 7.16. The summed E-state index contributed by atoms with van der Waals surface area (Å²) in [5.41, 5.74) is 0.429. The average Bonchev–Trinajstić information content (AvgIpc) is 2.95. The molecule has 5 heteroatoms. The highest BCUT2D eigenvalue weighted by Crippen LogP contribution is 2.35. The van der Waals surface area contributed by atoms with Gasteiger partial charge in [-0.15, -0.1) is 0 Å². The maximum Gasteiger partial charge on any atom is 0.330 e. The van der Waals surface area contributed by atoms with Gasteiger partial charge in [0.2, 0.25) is 0 Å². The van der Waals surface area contributed by atoms with Crippen LogP contribution >= 0.6 is 0 Å². The largest absolute Gasteiger partial charge is 0.330 e. The van der Waals surface area contributed by atoms with Crippen LogP contribution in [0.15, 0.2) is 60.7 Å². The minimum absolute atomic E-state index is 0.185. The molecule has 2 aliphatic heterocycles. The van der Waals surface area contributed by atoms with E-state index >= 15 is 0 Å². The molecular formula is C22H26N3O2+. The molecule has 0 saturated carbocycles. The van der Waals surface area contributed by atoms with E-state index in [1.54, 1.807) is 0 Å². The molecule has 0 aliphatic carbocycles. The topological polar surface area (TPSA) is 53.9 Å². The summed E-state index contributed by atoms with van der Waals surface area (Å²) in [5.74, 6) is 0.443. The van der Waals surface area contributed by atoms with Gasteiger partial charge in [0.15, 0.2) is 12.2 Å². The highest BCUT2D eigenvalue weighted by Gasteiger charge is 2.54. The van der Waals surface area contributed by atoms with Gasteiger partial charge in [-0.25, -0.2) is 9.69 Å². The van der Waals surface area contributed by atoms with Crippen molar-refractivity contribution < 1.29 is 14.5 Å². The Morgan fingerprint density at radius 1 is 1.04 bits per heavy atom. The van der Waals surface area contributed by atoms with Crippen LogP contribution in [0.2, 0.25) is 0 Å². The Bertz CT molecular complexity index is 782. The Hall–Kier alpha value is -2.66. The standard InChI is InChI=1S/C22H25N3O2/c1-17-9-8-14-24(15-17)16-25-20(26)22(23-21(25)27,18-10-4-2-5-11-18)19-12-6-3-7-13-19/h2-7,10-13,17H,8-9,14-16H2,1H3,(H,23,27)/p+1/t17-/m0/s1. The van der Waals surface area contributed by atoms with Gasteiger partial charge in [0.1, 0.15) is 0 Å². The van der Waals surface area contributed by atoms with Crippen LogP contribution in [0.4, 0.5) is 4.79 Å². The third kappa shape index (κ3) is 3.12. The van der Waals surface area contributed by atoms with Gasteiger partial charge in [-0.3, -0.25) is 4.79 Å². The number of benzene rings is 2. The highest BCUT2D eigenvalue weighted by atomic mass is 16.2. The zero-order valence-corrected chi connectivity index (χ0v) is 15.7. The van der Waals surface area contributed by atoms with Crippen molar-refractivity contribution in [1.82, 2.24) is 10.2 Å². The number of hydrogen-bond donors (Lipinski definition) is 2. The fourth-order valence-corrected chi connectivity index (χ4v) is 4.42. The van der Waals surface area contributed by atoms with Crippen molar-refractivity contribution in [2.24, 2.45) is 5.92 Å². The summed E-state index contributed by atoms with van der Waals surface area (Å²) in [6, 6.07) is 18.8. The van der Waals surface area contributed by atoms with E-state index in [1.165, 1.54) is 16.2 Å². The predicted molar refractivity (Wildman–Crippen MR) is 103 cm³/mol. The van der Waals surface area contributed by atoms with E-state index in [4.69, 9.17) is 0 Å². The van der Waals surface area contributed by atoms with Crippen LogP contribution in [0.5, 0.6) is 0 Å². The van der Waals surface area contributed by atoms with Crippen molar-refractivity contribution >= 4 is 11.9 Å². The first kappa shape index (κ1) is 17.7. The summed E-state index contributed by atoms with van der Waals surface area (Å²) in [6.07, 6.45) is 2.37. The molecule has 4 rings (SSSR count). The number of nitrogens with zero attached hydrogens (tertiary/aromatic N) is 1. The van der Waals surface area contributed by atoms with Gasteiger partial charge >= 0.3 is 6.03 Å². The van der Waals surface area contributed by atoms with Crippen molar-refractivity contribution in [3.8, 4) is 0 Å². The number of quaternary nitrogens is 1. The SMILES string of the molecule is C[C@H]1CCC[NH+](CN2C(=O)NC(c3ccccc3)(c3ccccc3)C2=O)C1. The second-order valence-corrected chi connectivity index (χ2v) is 7.76. The molecule has 0 bridgehead atoms. The number of carbonyl (C=O) groups excluding carboxylic acids is 2. The van der Waals surface area contributed by atoms with Crippen molar-refractivity contribution in [3.05, 3.63) is 71.8 Å². The molecule has 2 aromatic rings. The number of carbonyl (C=O) groups is 2. The van der Waals surface area contributed by atoms with Gasteiger partial charge in [-0.2, -0.15) is 0 Å². The molecule has 27 heavy (non-hydrogen) atoms. The molecule has 2 saturated heterocycles. The number of rotatable bonds is 4. The summed E-state index contributed by atoms with van der Waals surface area (Å²) < 4.78 is 0. The zero-order valence-electron chi connectivity index (χ0n) is 15.7. The number of amides is 3. The fraction of sp³-hybridized carbons (Fsp3) is 0.364. The third-order valence-electron chi connectivity index (χ3n) is 5.77. The Balaban J connectivity index is 1.71. The minimum Gasteiger partial charge on any atom is -0.317 e. The zero-order chi connectivity index (χ0) is 18.9. The van der Waals surface area contributed by atoms with Gasteiger partial charge in [-0.05, 0) is 24.0 Å². The molecule has 2 aromatic carbocycles. The van der Waals surface area contributed by atoms with Gasteiger partial charge in [0.25, 0.3) is 5.91 Å². The fourth-order valence-electron chi connectivity index (χ4n) is 4.42. The maximum atomic E-state index is 13.6. The number of piperidine rings is 1. The molecule has 2 N–H and O–H groups in total. The van der Waals surface area contributed by atoms with Crippen molar-refractivity contribution in [2.45, 2.75) is 25.3 Å². The summed E-state index contributed by atoms with van der Waals surface area (Å²) in [5, 5.41) is 3.02. The molecule has 0 radical (unpaired) electrons. The molecule has 0 spiro atoms. The van der Waals surface area contributed by atoms with Crippen LogP contribution in [0, 0.1) is 5.92 Å². The van der Waals surface area contributed by atoms with E-state index in [0.29, 0.717) is 12.6 Å². The Morgan fingerprint density at radius 2 is 1.63 bits per heavy atom. The molecule has 2 aliphatic rings. The molecule has 5 nitrogen and oxygen atoms in total. The highest BCUT2D eigenvalue weighted by molar-refractivity contribution is 6.09. The number of imide groups is 1. The Morgan fingerprint density at radius 3 is 2.19 bits per heavy atom. The maximum absolute atomic E-state index is 13.6. The van der Waals surface area contributed by atoms with E-state index < -0.39 is 5.54 Å². The number of urea groups is 1. The van der Waals surface area contributed by atoms with Crippen molar-refractivity contribution in [2.75, 3.05) is 19.8 Å². The van der Waals surface area contributed by atoms with Gasteiger partial charge in [-0.1, -0.05) is 67.6 Å². The number of nitrogens with one attached hydrogen (secondary N) is 2. The lowest BCUT2D eigenvalue weighted by Crippen LogP contribution is -3.15. The van der Waals surface area contributed by atoms with Crippen LogP contribution in [-0.4, -0.2) is 36.6 Å². The Labute approximate surface area is 160 Å². The lowest BCUT2D eigenvalue weighted by Gasteiger charge is -2.31. The molecule has 2 heterocycles. The van der Waals surface area contributed by atoms with Crippen LogP contribution in [0.1, 0.15) is 30.9 Å². The first-order chi connectivity index (χ1) is 13.1. The molecule has 2 fully saturated rings. The first-order valence-corrected chi connectivity index (χ1v) is 9.70. The summed E-state index contributed by atoms with van der Waals surface area (Å²) in [4.78, 5) is 29.2. The van der Waals surface area contributed by atoms with Crippen molar-refractivity contribution in [3.63, 3.8) is 0 Å². The molecule has 1 unspecified atom stereocenters. The summed E-state index contributed by atoms with van der Waals surface area (Å²) in [7, 11) is 0. The third-order valence-corrected chi connectivity index (χ3v) is 5.77. The van der Waals surface area contributed by atoms with Gasteiger partial charge in [0.05, 0.1) is 13.1 Å². The average molecular weight is 364 g/mol. The van der Waals surface area contributed by atoms with Gasteiger partial charge < -0.3 is 10.2 Å². The summed E-state index contributed by atoms with van der Waals surface area (Å²) in [6.45, 7) is 4.67. The van der Waals surface area contributed by atoms with Crippen LogP contribution in [-0.2, 0) is 10.3 Å². The predicted octanol–water partition coefficient (Wildman–Crippen LogP) is 1.75. The van der Waals surface area contributed by atoms with Crippen LogP contribution in [0.3, 0.4) is 0 Å². The second-order valence-electron chi connectivity index (χ2n) is 7.76. The molecular weight excluding hydrogens is 338 g/mol. The van der Waals surface area contributed by atoms with E-state index in [9.17, 15) is 9.59 Å². The van der Waals surface area contributed by atoms with Crippen LogP contribution in [0.25, 0.3) is 0 Å². The lowest BCUT2D eigenvalue weighted by molar-refractivity contribution is -0.915. The molecule has 3 amide bonds. The van der Waals surface area contributed by atoms with E-state index in [1.807, 2.05) is 60.7 Å². The number of likely N-dealkylation sites (tertiary alicyclic amines) is 1. The van der Waals surface area contributed by atoms with E-state index in [-0.39, 0.29) is 11.9 Å². The Kier molecular flexibility index (Phi) is 4.70. The molecule has 2 atom stereocenters. The summed E-state index contributed by atoms with van der Waals surface area (Å²) >= 11 is 0. The smallest absolute Gasteiger partial charge is 0.317 e. The molecule has 140 valence electrons. The van der Waals surface area contributed by atoms with Crippen molar-refractivity contribution in [1.29, 1.82) is 0 Å². The lowest BCUT2D eigenvalue weighted by atomic mass is 9.83. The molecule has 0 aromatic heterocycles. The normalized spacial score (nSPS) is 24.7. The van der Waals surface area contributed by atoms with E-state index in [0.717, 1.165) is 30.6 Å². The van der Waals surface area contributed by atoms with E-state index in [2.05, 4.69) is 12.2 Å². The minimum atomic E-state index is -1.15.